The van der Waals surface area contributed by atoms with Crippen molar-refractivity contribution < 1.29 is 9.84 Å². The molecule has 0 fully saturated rings. The highest BCUT2D eigenvalue weighted by atomic mass is 16.5. The summed E-state index contributed by atoms with van der Waals surface area (Å²) in [5, 5.41) is 23.5. The molecule has 0 radical (unpaired) electrons. The van der Waals surface area contributed by atoms with Gasteiger partial charge in [-0.05, 0) is 37.0 Å². The normalized spacial score (nSPS) is 12.0. The molecule has 0 spiro atoms. The number of benzene rings is 1. The number of aliphatic hydroxyl groups is 1. The topological polar surface area (TPSA) is 88.1 Å². The van der Waals surface area contributed by atoms with Crippen LogP contribution in [-0.4, -0.2) is 27.6 Å². The highest BCUT2D eigenvalue weighted by molar-refractivity contribution is 5.36. The van der Waals surface area contributed by atoms with Gasteiger partial charge in [0.2, 0.25) is 0 Å². The summed E-state index contributed by atoms with van der Waals surface area (Å²) in [6, 6.07) is 9.58. The molecule has 2 rings (SSSR count). The Labute approximate surface area is 147 Å². The fourth-order valence-corrected chi connectivity index (χ4v) is 2.55. The van der Waals surface area contributed by atoms with E-state index in [4.69, 9.17) is 10.00 Å². The van der Waals surface area contributed by atoms with Crippen LogP contribution < -0.4 is 10.3 Å². The third kappa shape index (κ3) is 4.25. The number of aromatic nitrogens is 2. The lowest BCUT2D eigenvalue weighted by molar-refractivity contribution is 0.0872. The highest BCUT2D eigenvalue weighted by Crippen LogP contribution is 2.25. The predicted molar refractivity (Wildman–Crippen MR) is 94.7 cm³/mol. The summed E-state index contributed by atoms with van der Waals surface area (Å²) in [6.45, 7) is 7.56. The van der Waals surface area contributed by atoms with Crippen LogP contribution in [0, 0.1) is 25.2 Å². The zero-order valence-corrected chi connectivity index (χ0v) is 15.0. The fraction of sp³-hybridized carbons (Fsp3) is 0.421. The number of hydrogen-bond acceptors (Lipinski definition) is 5. The summed E-state index contributed by atoms with van der Waals surface area (Å²) >= 11 is 0. The third-order valence-electron chi connectivity index (χ3n) is 4.10. The summed E-state index contributed by atoms with van der Waals surface area (Å²) in [5.41, 5.74) is 1.79. The molecule has 0 aliphatic rings. The smallest absolute Gasteiger partial charge is 0.285 e. The molecule has 1 unspecified atom stereocenters. The van der Waals surface area contributed by atoms with Gasteiger partial charge in [-0.2, -0.15) is 10.4 Å². The van der Waals surface area contributed by atoms with Crippen molar-refractivity contribution in [3.05, 3.63) is 57.0 Å². The Balaban J connectivity index is 2.12. The molecule has 0 aliphatic heterocycles. The Morgan fingerprint density at radius 2 is 2.00 bits per heavy atom. The van der Waals surface area contributed by atoms with Crippen molar-refractivity contribution in [2.75, 3.05) is 6.61 Å². The SMILES string of the molecule is Cc1nn(CC(O)COc2ccccc2C(C)C)c(=O)c(C#N)c1C. The summed E-state index contributed by atoms with van der Waals surface area (Å²) < 4.78 is 6.85. The first kappa shape index (κ1) is 18.7. The molecule has 0 amide bonds. The summed E-state index contributed by atoms with van der Waals surface area (Å²) in [7, 11) is 0. The molecule has 1 atom stereocenters. The van der Waals surface area contributed by atoms with Gasteiger partial charge in [0.15, 0.2) is 0 Å². The van der Waals surface area contributed by atoms with Crippen LogP contribution in [0.25, 0.3) is 0 Å². The molecular weight excluding hydrogens is 318 g/mol. The second kappa shape index (κ2) is 7.95. The minimum Gasteiger partial charge on any atom is -0.491 e. The molecule has 132 valence electrons. The molecule has 0 saturated heterocycles. The Morgan fingerprint density at radius 3 is 2.64 bits per heavy atom. The number of aliphatic hydroxyl groups excluding tert-OH is 1. The lowest BCUT2D eigenvalue weighted by Gasteiger charge is -2.17. The average Bonchev–Trinajstić information content (AvgIpc) is 2.58. The third-order valence-corrected chi connectivity index (χ3v) is 4.10. The van der Waals surface area contributed by atoms with Crippen molar-refractivity contribution in [3.8, 4) is 11.8 Å². The zero-order chi connectivity index (χ0) is 18.6. The van der Waals surface area contributed by atoms with Gasteiger partial charge in [0.25, 0.3) is 5.56 Å². The maximum atomic E-state index is 12.3. The van der Waals surface area contributed by atoms with Gasteiger partial charge in [-0.25, -0.2) is 4.68 Å². The predicted octanol–water partition coefficient (Wildman–Crippen LogP) is 2.30. The summed E-state index contributed by atoms with van der Waals surface area (Å²) in [5.74, 6) is 1.02. The van der Waals surface area contributed by atoms with Gasteiger partial charge >= 0.3 is 0 Å². The summed E-state index contributed by atoms with van der Waals surface area (Å²) in [6.07, 6.45) is -0.918. The van der Waals surface area contributed by atoms with E-state index in [-0.39, 0.29) is 18.7 Å². The number of nitrogens with zero attached hydrogens (tertiary/aromatic N) is 3. The van der Waals surface area contributed by atoms with E-state index in [2.05, 4.69) is 18.9 Å². The van der Waals surface area contributed by atoms with E-state index in [1.165, 1.54) is 0 Å². The molecule has 6 heteroatoms. The molecule has 1 N–H and O–H groups in total. The molecule has 1 aromatic carbocycles. The van der Waals surface area contributed by atoms with Crippen LogP contribution in [0.4, 0.5) is 0 Å². The molecule has 1 heterocycles. The Hall–Kier alpha value is -2.65. The summed E-state index contributed by atoms with van der Waals surface area (Å²) in [4.78, 5) is 12.3. The number of rotatable bonds is 6. The number of hydrogen-bond donors (Lipinski definition) is 1. The van der Waals surface area contributed by atoms with Crippen molar-refractivity contribution in [1.29, 1.82) is 5.26 Å². The molecule has 0 aliphatic carbocycles. The first-order chi connectivity index (χ1) is 11.8. The molecule has 25 heavy (non-hydrogen) atoms. The molecule has 6 nitrogen and oxygen atoms in total. The molecule has 0 saturated carbocycles. The molecule has 2 aromatic rings. The van der Waals surface area contributed by atoms with E-state index in [9.17, 15) is 9.90 Å². The van der Waals surface area contributed by atoms with Crippen LogP contribution in [-0.2, 0) is 6.54 Å². The van der Waals surface area contributed by atoms with Gasteiger partial charge in [0.05, 0.1) is 12.2 Å². The Kier molecular flexibility index (Phi) is 5.94. The van der Waals surface area contributed by atoms with E-state index < -0.39 is 11.7 Å². The van der Waals surface area contributed by atoms with E-state index >= 15 is 0 Å². The number of ether oxygens (including phenoxy) is 1. The van der Waals surface area contributed by atoms with E-state index in [0.717, 1.165) is 16.0 Å². The second-order valence-corrected chi connectivity index (χ2v) is 6.34. The van der Waals surface area contributed by atoms with Crippen molar-refractivity contribution in [3.63, 3.8) is 0 Å². The van der Waals surface area contributed by atoms with E-state index in [1.807, 2.05) is 30.3 Å². The van der Waals surface area contributed by atoms with Crippen LogP contribution in [0.1, 0.15) is 42.1 Å². The van der Waals surface area contributed by atoms with Gasteiger partial charge in [-0.15, -0.1) is 0 Å². The monoisotopic (exact) mass is 341 g/mol. The number of para-hydroxylation sites is 1. The Morgan fingerprint density at radius 1 is 1.32 bits per heavy atom. The van der Waals surface area contributed by atoms with Crippen LogP contribution in [0.15, 0.2) is 29.1 Å². The zero-order valence-electron chi connectivity index (χ0n) is 15.0. The minimum absolute atomic E-state index is 0.0293. The van der Waals surface area contributed by atoms with Crippen molar-refractivity contribution in [2.45, 2.75) is 46.3 Å². The quantitative estimate of drug-likeness (QED) is 0.871. The van der Waals surface area contributed by atoms with Crippen LogP contribution in [0.3, 0.4) is 0 Å². The fourth-order valence-electron chi connectivity index (χ4n) is 2.55. The van der Waals surface area contributed by atoms with Crippen molar-refractivity contribution in [2.24, 2.45) is 0 Å². The first-order valence-corrected chi connectivity index (χ1v) is 8.23. The lowest BCUT2D eigenvalue weighted by Crippen LogP contribution is -2.34. The minimum atomic E-state index is -0.918. The molecule has 0 bridgehead atoms. The van der Waals surface area contributed by atoms with Gasteiger partial charge < -0.3 is 9.84 Å². The maximum Gasteiger partial charge on any atom is 0.285 e. The standard InChI is InChI=1S/C19H23N3O3/c1-12(2)16-7-5-6-8-18(16)25-11-15(23)10-22-19(24)17(9-20)13(3)14(4)21-22/h5-8,12,15,23H,10-11H2,1-4H3. The van der Waals surface area contributed by atoms with Crippen molar-refractivity contribution in [1.82, 2.24) is 9.78 Å². The molecule has 1 aromatic heterocycles. The van der Waals surface area contributed by atoms with E-state index in [1.54, 1.807) is 13.8 Å². The van der Waals surface area contributed by atoms with E-state index in [0.29, 0.717) is 17.2 Å². The maximum absolute atomic E-state index is 12.3. The van der Waals surface area contributed by atoms with Gasteiger partial charge in [-0.1, -0.05) is 32.0 Å². The average molecular weight is 341 g/mol. The number of nitriles is 1. The van der Waals surface area contributed by atoms with Crippen LogP contribution in [0.5, 0.6) is 5.75 Å². The van der Waals surface area contributed by atoms with Crippen molar-refractivity contribution >= 4 is 0 Å². The van der Waals surface area contributed by atoms with Gasteiger partial charge in [0.1, 0.15) is 30.1 Å². The van der Waals surface area contributed by atoms with Gasteiger partial charge in [0, 0.05) is 0 Å². The largest absolute Gasteiger partial charge is 0.491 e. The number of aryl methyl sites for hydroxylation is 1. The molecular formula is C19H23N3O3. The Bertz CT molecular complexity index is 850. The van der Waals surface area contributed by atoms with Crippen LogP contribution in [0.2, 0.25) is 0 Å². The lowest BCUT2D eigenvalue weighted by atomic mass is 10.0. The highest BCUT2D eigenvalue weighted by Gasteiger charge is 2.15. The van der Waals surface area contributed by atoms with Gasteiger partial charge in [-0.3, -0.25) is 4.79 Å². The second-order valence-electron chi connectivity index (χ2n) is 6.34. The first-order valence-electron chi connectivity index (χ1n) is 8.23. The van der Waals surface area contributed by atoms with Crippen LogP contribution >= 0.6 is 0 Å².